The van der Waals surface area contributed by atoms with E-state index in [-0.39, 0.29) is 23.2 Å². The van der Waals surface area contributed by atoms with Gasteiger partial charge in [0.25, 0.3) is 5.91 Å². The molecule has 0 aromatic carbocycles. The largest absolute Gasteiger partial charge is 0.464 e. The number of hydrogen-bond donors (Lipinski definition) is 1. The van der Waals surface area contributed by atoms with E-state index in [1.165, 1.54) is 23.4 Å². The number of hydrogen-bond acceptors (Lipinski definition) is 4. The summed E-state index contributed by atoms with van der Waals surface area (Å²) >= 11 is 0. The molecule has 1 aliphatic carbocycles. The van der Waals surface area contributed by atoms with Gasteiger partial charge in [0.2, 0.25) is 5.95 Å². The van der Waals surface area contributed by atoms with Crippen molar-refractivity contribution in [1.82, 2.24) is 15.2 Å². The van der Waals surface area contributed by atoms with Crippen molar-refractivity contribution in [2.75, 3.05) is 0 Å². The molecular formula is C19H18FN3O3. The molecule has 0 bridgehead atoms. The van der Waals surface area contributed by atoms with Crippen molar-refractivity contribution in [3.63, 3.8) is 0 Å². The molecular weight excluding hydrogens is 337 g/mol. The van der Waals surface area contributed by atoms with Gasteiger partial charge < -0.3 is 9.73 Å². The molecule has 1 saturated carbocycles. The maximum atomic E-state index is 14.0. The molecule has 26 heavy (non-hydrogen) atoms. The zero-order valence-electron chi connectivity index (χ0n) is 14.1. The van der Waals surface area contributed by atoms with Crippen LogP contribution in [-0.2, 0) is 4.79 Å². The molecule has 3 heterocycles. The van der Waals surface area contributed by atoms with Gasteiger partial charge in [0.15, 0.2) is 0 Å². The summed E-state index contributed by atoms with van der Waals surface area (Å²) in [6, 6.07) is 4.34. The second-order valence-electron chi connectivity index (χ2n) is 6.50. The predicted molar refractivity (Wildman–Crippen MR) is 92.1 cm³/mol. The minimum absolute atomic E-state index is 0.0611. The van der Waals surface area contributed by atoms with E-state index < -0.39 is 12.0 Å². The number of carbonyl (C=O) groups is 2. The third kappa shape index (κ3) is 2.89. The number of nitrogens with one attached hydrogen (secondary N) is 1. The Bertz CT molecular complexity index is 884. The zero-order valence-corrected chi connectivity index (χ0v) is 14.1. The van der Waals surface area contributed by atoms with E-state index in [4.69, 9.17) is 4.42 Å². The van der Waals surface area contributed by atoms with Crippen molar-refractivity contribution in [1.29, 1.82) is 0 Å². The van der Waals surface area contributed by atoms with Crippen molar-refractivity contribution < 1.29 is 18.4 Å². The summed E-state index contributed by atoms with van der Waals surface area (Å²) in [7, 11) is 0. The first kappa shape index (κ1) is 16.5. The number of halogens is 1. The second kappa shape index (κ2) is 6.74. The van der Waals surface area contributed by atoms with Gasteiger partial charge in [-0.05, 0) is 31.0 Å². The highest BCUT2D eigenvalue weighted by atomic mass is 19.1. The topological polar surface area (TPSA) is 75.4 Å². The van der Waals surface area contributed by atoms with Gasteiger partial charge in [0.1, 0.15) is 11.5 Å². The lowest BCUT2D eigenvalue weighted by molar-refractivity contribution is -0.124. The molecule has 0 radical (unpaired) electrons. The van der Waals surface area contributed by atoms with E-state index in [0.717, 1.165) is 32.1 Å². The molecule has 2 fully saturated rings. The summed E-state index contributed by atoms with van der Waals surface area (Å²) in [4.78, 5) is 29.9. The number of nitrogens with zero attached hydrogens (tertiary/aromatic N) is 2. The Kier molecular flexibility index (Phi) is 4.28. The number of carbonyl (C=O) groups excluding carboxylic acids is 2. The molecule has 1 saturated heterocycles. The van der Waals surface area contributed by atoms with Crippen LogP contribution in [0, 0.1) is 5.95 Å². The standard InChI is InChI=1S/C19H18FN3O3/c20-17-14(7-4-9-21-17)13-8-10-26-16(13)11-15-18(24)23(19(25)22-15)12-5-2-1-3-6-12/h4,7-12H,1-3,5-6H2,(H,22,25)/b15-11-. The average molecular weight is 355 g/mol. The van der Waals surface area contributed by atoms with Crippen LogP contribution in [0.1, 0.15) is 37.9 Å². The summed E-state index contributed by atoms with van der Waals surface area (Å²) < 4.78 is 19.4. The van der Waals surface area contributed by atoms with Crippen molar-refractivity contribution in [3.8, 4) is 11.1 Å². The lowest BCUT2D eigenvalue weighted by Gasteiger charge is -2.28. The van der Waals surface area contributed by atoms with E-state index in [1.54, 1.807) is 18.2 Å². The number of amides is 3. The number of aromatic nitrogens is 1. The van der Waals surface area contributed by atoms with Crippen molar-refractivity contribution >= 4 is 18.0 Å². The number of imide groups is 1. The SMILES string of the molecule is O=C1N/C(=C\c2occc2-c2cccnc2F)C(=O)N1C1CCCCC1. The van der Waals surface area contributed by atoms with E-state index in [0.29, 0.717) is 11.3 Å². The minimum atomic E-state index is -0.626. The first-order chi connectivity index (χ1) is 12.6. The molecule has 3 amide bonds. The fraction of sp³-hybridized carbons (Fsp3) is 0.316. The molecule has 0 atom stereocenters. The van der Waals surface area contributed by atoms with Crippen LogP contribution in [0.5, 0.6) is 0 Å². The van der Waals surface area contributed by atoms with Gasteiger partial charge in [-0.25, -0.2) is 9.78 Å². The van der Waals surface area contributed by atoms with Crippen LogP contribution in [0.25, 0.3) is 17.2 Å². The number of rotatable bonds is 3. The molecule has 0 unspecified atom stereocenters. The first-order valence-electron chi connectivity index (χ1n) is 8.70. The Morgan fingerprint density at radius 1 is 1.19 bits per heavy atom. The number of urea groups is 1. The van der Waals surface area contributed by atoms with Crippen LogP contribution in [0.2, 0.25) is 0 Å². The number of furan rings is 1. The minimum Gasteiger partial charge on any atom is -0.464 e. The van der Waals surface area contributed by atoms with Gasteiger partial charge in [-0.1, -0.05) is 19.3 Å². The van der Waals surface area contributed by atoms with E-state index in [9.17, 15) is 14.0 Å². The Morgan fingerprint density at radius 2 is 2.00 bits per heavy atom. The van der Waals surface area contributed by atoms with E-state index in [2.05, 4.69) is 10.3 Å². The van der Waals surface area contributed by atoms with Crippen LogP contribution in [0.3, 0.4) is 0 Å². The molecule has 4 rings (SSSR count). The van der Waals surface area contributed by atoms with Gasteiger partial charge in [-0.3, -0.25) is 9.69 Å². The van der Waals surface area contributed by atoms with Gasteiger partial charge in [0, 0.05) is 29.4 Å². The molecule has 2 aliphatic rings. The quantitative estimate of drug-likeness (QED) is 0.517. The Hall–Kier alpha value is -2.96. The van der Waals surface area contributed by atoms with E-state index >= 15 is 0 Å². The molecule has 134 valence electrons. The fourth-order valence-electron chi connectivity index (χ4n) is 3.59. The smallest absolute Gasteiger partial charge is 0.329 e. The highest BCUT2D eigenvalue weighted by molar-refractivity contribution is 6.14. The van der Waals surface area contributed by atoms with Crippen LogP contribution >= 0.6 is 0 Å². The van der Waals surface area contributed by atoms with Gasteiger partial charge in [0.05, 0.1) is 6.26 Å². The highest BCUT2D eigenvalue weighted by Crippen LogP contribution is 2.30. The van der Waals surface area contributed by atoms with Crippen molar-refractivity contribution in [3.05, 3.63) is 48.1 Å². The van der Waals surface area contributed by atoms with Crippen molar-refractivity contribution in [2.24, 2.45) is 0 Å². The monoisotopic (exact) mass is 355 g/mol. The maximum Gasteiger partial charge on any atom is 0.329 e. The predicted octanol–water partition coefficient (Wildman–Crippen LogP) is 3.71. The maximum absolute atomic E-state index is 14.0. The van der Waals surface area contributed by atoms with Crippen LogP contribution in [0.15, 0.2) is 40.8 Å². The van der Waals surface area contributed by atoms with Crippen molar-refractivity contribution in [2.45, 2.75) is 38.1 Å². The van der Waals surface area contributed by atoms with Crippen LogP contribution in [-0.4, -0.2) is 27.9 Å². The normalized spacial score (nSPS) is 20.0. The molecule has 6 nitrogen and oxygen atoms in total. The summed E-state index contributed by atoms with van der Waals surface area (Å²) in [5.74, 6) is -0.693. The molecule has 2 aromatic rings. The first-order valence-corrected chi connectivity index (χ1v) is 8.70. The van der Waals surface area contributed by atoms with Crippen LogP contribution in [0.4, 0.5) is 9.18 Å². The lowest BCUT2D eigenvalue weighted by Crippen LogP contribution is -2.41. The number of pyridine rings is 1. The Morgan fingerprint density at radius 3 is 2.77 bits per heavy atom. The molecule has 2 aromatic heterocycles. The molecule has 7 heteroatoms. The second-order valence-corrected chi connectivity index (χ2v) is 6.50. The average Bonchev–Trinajstić information content (AvgIpc) is 3.21. The lowest BCUT2D eigenvalue weighted by atomic mass is 9.94. The fourth-order valence-corrected chi connectivity index (χ4v) is 3.59. The highest BCUT2D eigenvalue weighted by Gasteiger charge is 2.39. The summed E-state index contributed by atoms with van der Waals surface area (Å²) in [6.07, 6.45) is 9.06. The van der Waals surface area contributed by atoms with Gasteiger partial charge in [-0.15, -0.1) is 0 Å². The molecule has 1 N–H and O–H groups in total. The molecule has 1 aliphatic heterocycles. The summed E-state index contributed by atoms with van der Waals surface area (Å²) in [5, 5.41) is 2.61. The van der Waals surface area contributed by atoms with Gasteiger partial charge >= 0.3 is 6.03 Å². The summed E-state index contributed by atoms with van der Waals surface area (Å²) in [5.41, 5.74) is 0.886. The van der Waals surface area contributed by atoms with Crippen LogP contribution < -0.4 is 5.32 Å². The third-order valence-corrected chi connectivity index (χ3v) is 4.87. The van der Waals surface area contributed by atoms with E-state index in [1.807, 2.05) is 0 Å². The zero-order chi connectivity index (χ0) is 18.1. The Labute approximate surface area is 149 Å². The van der Waals surface area contributed by atoms with Gasteiger partial charge in [-0.2, -0.15) is 4.39 Å². The summed E-state index contributed by atoms with van der Waals surface area (Å²) in [6.45, 7) is 0. The Balaban J connectivity index is 1.64. The molecule has 0 spiro atoms. The third-order valence-electron chi connectivity index (χ3n) is 4.87.